The van der Waals surface area contributed by atoms with Gasteiger partial charge in [-0.25, -0.2) is 0 Å². The topological polar surface area (TPSA) is 21.3 Å². The fourth-order valence-electron chi connectivity index (χ4n) is 2.92. The summed E-state index contributed by atoms with van der Waals surface area (Å²) in [7, 11) is 1.75. The zero-order chi connectivity index (χ0) is 13.9. The molecule has 1 aliphatic rings. The van der Waals surface area contributed by atoms with Gasteiger partial charge in [-0.2, -0.15) is 0 Å². The average Bonchev–Trinajstić information content (AvgIpc) is 2.38. The van der Waals surface area contributed by atoms with Crippen LogP contribution in [-0.4, -0.2) is 24.6 Å². The summed E-state index contributed by atoms with van der Waals surface area (Å²) < 4.78 is 5.44. The summed E-state index contributed by atoms with van der Waals surface area (Å²) in [6.07, 6.45) is 4.32. The number of anilines is 1. The normalized spacial score (nSPS) is 25.8. The molecule has 2 rings (SSSR count). The van der Waals surface area contributed by atoms with Gasteiger partial charge >= 0.3 is 0 Å². The Morgan fingerprint density at radius 1 is 1.47 bits per heavy atom. The fraction of sp³-hybridized carbons (Fsp3) is 0.625. The van der Waals surface area contributed by atoms with Crippen LogP contribution in [0.1, 0.15) is 37.3 Å². The highest BCUT2D eigenvalue weighted by molar-refractivity contribution is 6.22. The molecule has 0 aliphatic carbocycles. The predicted molar refractivity (Wildman–Crippen MR) is 82.3 cm³/mol. The average molecular weight is 282 g/mol. The fourth-order valence-corrected chi connectivity index (χ4v) is 3.31. The van der Waals surface area contributed by atoms with Crippen LogP contribution in [-0.2, 0) is 11.2 Å². The smallest absolute Gasteiger partial charge is 0.0772 e. The van der Waals surface area contributed by atoms with E-state index in [9.17, 15) is 0 Å². The van der Waals surface area contributed by atoms with E-state index in [1.165, 1.54) is 29.7 Å². The number of fused-ring (bicyclic) bond motifs is 1. The molecule has 1 heterocycles. The Bertz CT molecular complexity index is 435. The van der Waals surface area contributed by atoms with Gasteiger partial charge in [-0.05, 0) is 31.4 Å². The molecule has 0 aromatic heterocycles. The molecular weight excluding hydrogens is 258 g/mol. The molecule has 106 valence electrons. The van der Waals surface area contributed by atoms with Gasteiger partial charge in [0, 0.05) is 12.8 Å². The predicted octanol–water partition coefficient (Wildman–Crippen LogP) is 4.15. The van der Waals surface area contributed by atoms with E-state index in [4.69, 9.17) is 16.3 Å². The number of rotatable bonds is 5. The number of alkyl halides is 1. The van der Waals surface area contributed by atoms with Gasteiger partial charge in [0.1, 0.15) is 0 Å². The van der Waals surface area contributed by atoms with Crippen molar-refractivity contribution in [2.45, 2.75) is 50.4 Å². The minimum absolute atomic E-state index is 0.0771. The van der Waals surface area contributed by atoms with E-state index in [0.29, 0.717) is 6.61 Å². The standard InChI is InChI=1S/C16H24ClNO/c1-4-5-8-16(11-19-3)15(17)10-13-9-12(2)6-7-14(13)18-16/h6-7,9,15,18H,4-5,8,10-11H2,1-3H3/t15-,16-/m1/s1. The highest BCUT2D eigenvalue weighted by Gasteiger charge is 2.41. The first-order chi connectivity index (χ1) is 9.11. The maximum Gasteiger partial charge on any atom is 0.0772 e. The maximum atomic E-state index is 6.69. The third-order valence-electron chi connectivity index (χ3n) is 4.02. The Morgan fingerprint density at radius 2 is 2.26 bits per heavy atom. The Morgan fingerprint density at radius 3 is 2.95 bits per heavy atom. The minimum Gasteiger partial charge on any atom is -0.382 e. The van der Waals surface area contributed by atoms with Gasteiger partial charge in [0.25, 0.3) is 0 Å². The van der Waals surface area contributed by atoms with Gasteiger partial charge in [-0.1, -0.05) is 37.5 Å². The summed E-state index contributed by atoms with van der Waals surface area (Å²) in [6, 6.07) is 6.55. The first kappa shape index (κ1) is 14.7. The van der Waals surface area contributed by atoms with Crippen molar-refractivity contribution in [3.8, 4) is 0 Å². The largest absolute Gasteiger partial charge is 0.382 e. The Kier molecular flexibility index (Phi) is 4.75. The number of aryl methyl sites for hydroxylation is 1. The lowest BCUT2D eigenvalue weighted by Crippen LogP contribution is -2.54. The van der Waals surface area contributed by atoms with Crippen molar-refractivity contribution in [2.24, 2.45) is 0 Å². The highest BCUT2D eigenvalue weighted by Crippen LogP contribution is 2.37. The number of methoxy groups -OCH3 is 1. The summed E-state index contributed by atoms with van der Waals surface area (Å²) in [4.78, 5) is 0. The second-order valence-electron chi connectivity index (χ2n) is 5.65. The monoisotopic (exact) mass is 281 g/mol. The van der Waals surface area contributed by atoms with E-state index >= 15 is 0 Å². The Hall–Kier alpha value is -0.730. The van der Waals surface area contributed by atoms with E-state index in [1.54, 1.807) is 7.11 Å². The molecule has 1 aliphatic heterocycles. The van der Waals surface area contributed by atoms with Crippen LogP contribution in [0.4, 0.5) is 5.69 Å². The molecule has 19 heavy (non-hydrogen) atoms. The molecule has 0 bridgehead atoms. The molecule has 0 radical (unpaired) electrons. The number of benzene rings is 1. The lowest BCUT2D eigenvalue weighted by molar-refractivity contribution is 0.131. The van der Waals surface area contributed by atoms with Crippen LogP contribution in [0.5, 0.6) is 0 Å². The Balaban J connectivity index is 2.28. The first-order valence-electron chi connectivity index (χ1n) is 7.12. The van der Waals surface area contributed by atoms with E-state index in [2.05, 4.69) is 37.4 Å². The molecule has 0 fully saturated rings. The van der Waals surface area contributed by atoms with Gasteiger partial charge in [0.05, 0.1) is 17.5 Å². The number of ether oxygens (including phenoxy) is 1. The van der Waals surface area contributed by atoms with Crippen molar-refractivity contribution in [3.05, 3.63) is 29.3 Å². The summed E-state index contributed by atoms with van der Waals surface area (Å²) in [5.74, 6) is 0. The molecule has 1 N–H and O–H groups in total. The van der Waals surface area contributed by atoms with E-state index in [-0.39, 0.29) is 10.9 Å². The molecule has 0 amide bonds. The quantitative estimate of drug-likeness (QED) is 0.819. The van der Waals surface area contributed by atoms with Crippen molar-refractivity contribution >= 4 is 17.3 Å². The summed E-state index contributed by atoms with van der Waals surface area (Å²) in [5, 5.41) is 3.74. The van der Waals surface area contributed by atoms with Crippen molar-refractivity contribution in [1.29, 1.82) is 0 Å². The molecule has 2 atom stereocenters. The summed E-state index contributed by atoms with van der Waals surface area (Å²) in [6.45, 7) is 5.00. The molecule has 0 saturated carbocycles. The van der Waals surface area contributed by atoms with Gasteiger partial charge in [0.2, 0.25) is 0 Å². The molecule has 3 heteroatoms. The number of nitrogens with one attached hydrogen (secondary N) is 1. The zero-order valence-electron chi connectivity index (χ0n) is 12.1. The third kappa shape index (κ3) is 3.06. The lowest BCUT2D eigenvalue weighted by atomic mass is 9.82. The summed E-state index contributed by atoms with van der Waals surface area (Å²) >= 11 is 6.69. The zero-order valence-corrected chi connectivity index (χ0v) is 12.9. The first-order valence-corrected chi connectivity index (χ1v) is 7.55. The van der Waals surface area contributed by atoms with Crippen molar-refractivity contribution in [2.75, 3.05) is 19.0 Å². The number of unbranched alkanes of at least 4 members (excludes halogenated alkanes) is 1. The van der Waals surface area contributed by atoms with Crippen molar-refractivity contribution in [1.82, 2.24) is 0 Å². The second-order valence-corrected chi connectivity index (χ2v) is 6.18. The molecule has 1 aromatic carbocycles. The molecule has 0 saturated heterocycles. The van der Waals surface area contributed by atoms with Crippen LogP contribution in [0, 0.1) is 6.92 Å². The minimum atomic E-state index is -0.130. The molecule has 0 unspecified atom stereocenters. The molecule has 2 nitrogen and oxygen atoms in total. The van der Waals surface area contributed by atoms with Gasteiger partial charge in [-0.3, -0.25) is 0 Å². The van der Waals surface area contributed by atoms with E-state index in [1.807, 2.05) is 0 Å². The van der Waals surface area contributed by atoms with Gasteiger partial charge in [0.15, 0.2) is 0 Å². The number of halogens is 1. The summed E-state index contributed by atoms with van der Waals surface area (Å²) in [5.41, 5.74) is 3.70. The lowest BCUT2D eigenvalue weighted by Gasteiger charge is -2.43. The van der Waals surface area contributed by atoms with E-state index < -0.39 is 0 Å². The van der Waals surface area contributed by atoms with Gasteiger partial charge < -0.3 is 10.1 Å². The highest BCUT2D eigenvalue weighted by atomic mass is 35.5. The number of hydrogen-bond acceptors (Lipinski definition) is 2. The SMILES string of the molecule is CCCC[C@]1(COC)Nc2ccc(C)cc2C[C@H]1Cl. The third-order valence-corrected chi connectivity index (χ3v) is 4.59. The second kappa shape index (κ2) is 6.15. The van der Waals surface area contributed by atoms with Crippen LogP contribution >= 0.6 is 11.6 Å². The Labute approximate surface area is 121 Å². The van der Waals surface area contributed by atoms with Crippen LogP contribution in [0.3, 0.4) is 0 Å². The molecule has 1 aromatic rings. The van der Waals surface area contributed by atoms with E-state index in [0.717, 1.165) is 12.8 Å². The maximum absolute atomic E-state index is 6.69. The molecule has 0 spiro atoms. The van der Waals surface area contributed by atoms with Crippen molar-refractivity contribution < 1.29 is 4.74 Å². The van der Waals surface area contributed by atoms with Crippen LogP contribution < -0.4 is 5.32 Å². The number of hydrogen-bond donors (Lipinski definition) is 1. The molecular formula is C16H24ClNO. The van der Waals surface area contributed by atoms with Crippen LogP contribution in [0.2, 0.25) is 0 Å². The van der Waals surface area contributed by atoms with Crippen LogP contribution in [0.15, 0.2) is 18.2 Å². The van der Waals surface area contributed by atoms with Gasteiger partial charge in [-0.15, -0.1) is 11.6 Å². The van der Waals surface area contributed by atoms with Crippen LogP contribution in [0.25, 0.3) is 0 Å². The van der Waals surface area contributed by atoms with Crippen molar-refractivity contribution in [3.63, 3.8) is 0 Å².